The number of nitrogens with one attached hydrogen (secondary N) is 2. The number of hydrogen-bond acceptors (Lipinski definition) is 3. The maximum absolute atomic E-state index is 6.21. The molecule has 0 aliphatic heterocycles. The molecule has 0 aromatic carbocycles. The minimum absolute atomic E-state index is 0.389. The van der Waals surface area contributed by atoms with Crippen molar-refractivity contribution < 1.29 is 4.74 Å². The fourth-order valence-electron chi connectivity index (χ4n) is 11.2. The molecule has 5 aliphatic carbocycles. The van der Waals surface area contributed by atoms with Gasteiger partial charge in [-0.3, -0.25) is 0 Å². The van der Waals surface area contributed by atoms with E-state index in [-0.39, 0.29) is 0 Å². The van der Waals surface area contributed by atoms with Crippen molar-refractivity contribution in [2.45, 2.75) is 104 Å². The van der Waals surface area contributed by atoms with E-state index < -0.39 is 0 Å². The van der Waals surface area contributed by atoms with Crippen LogP contribution in [0.2, 0.25) is 0 Å². The second-order valence-electron chi connectivity index (χ2n) is 13.3. The molecule has 2 N–H and O–H groups in total. The van der Waals surface area contributed by atoms with Gasteiger partial charge in [0.1, 0.15) is 0 Å². The highest BCUT2D eigenvalue weighted by Crippen LogP contribution is 2.88. The molecule has 2 spiro atoms. The quantitative estimate of drug-likeness (QED) is 0.657. The minimum Gasteiger partial charge on any atom is -0.381 e. The summed E-state index contributed by atoms with van der Waals surface area (Å²) >= 11 is 0. The standard InChI is InChI=1S/C27H48N2O/c1-17(28-6)22-18(30-8)15-25(5)20-10-9-19-23(2,3)21(29-7)11-12-26(19)16-27(20,26)14-13-24(22,25)4/h17-22,28-29H,9-16H2,1-8H3/t17?,18-,19?,20?,21?,22+,24?,25+,26?,27?/m1/s1. The smallest absolute Gasteiger partial charge is 0.0625 e. The number of fused-ring (bicyclic) bond motifs is 2. The maximum Gasteiger partial charge on any atom is 0.0625 e. The summed E-state index contributed by atoms with van der Waals surface area (Å²) in [5, 5.41) is 7.32. The molecule has 5 aliphatic rings. The predicted octanol–water partition coefficient (Wildman–Crippen LogP) is 5.25. The van der Waals surface area contributed by atoms with Crippen molar-refractivity contribution in [3.63, 3.8) is 0 Å². The highest BCUT2D eigenvalue weighted by atomic mass is 16.5. The van der Waals surface area contributed by atoms with Crippen molar-refractivity contribution in [1.82, 2.24) is 10.6 Å². The largest absolute Gasteiger partial charge is 0.381 e. The highest BCUT2D eigenvalue weighted by Gasteiger charge is 2.82. The van der Waals surface area contributed by atoms with Gasteiger partial charge < -0.3 is 15.4 Å². The number of hydrogen-bond donors (Lipinski definition) is 2. The summed E-state index contributed by atoms with van der Waals surface area (Å²) in [6, 6.07) is 1.21. The van der Waals surface area contributed by atoms with Crippen LogP contribution in [0.25, 0.3) is 0 Å². The van der Waals surface area contributed by atoms with Crippen molar-refractivity contribution >= 4 is 0 Å². The summed E-state index contributed by atoms with van der Waals surface area (Å²) < 4.78 is 6.21. The summed E-state index contributed by atoms with van der Waals surface area (Å²) in [4.78, 5) is 0. The third kappa shape index (κ3) is 2.24. The molecule has 30 heavy (non-hydrogen) atoms. The summed E-state index contributed by atoms with van der Waals surface area (Å²) in [6.07, 6.45) is 11.8. The molecular weight excluding hydrogens is 368 g/mol. The molecule has 0 aromatic rings. The fraction of sp³-hybridized carbons (Fsp3) is 1.00. The second-order valence-corrected chi connectivity index (χ2v) is 13.3. The lowest BCUT2D eigenvalue weighted by Gasteiger charge is -2.63. The number of methoxy groups -OCH3 is 1. The molecule has 0 aromatic heterocycles. The van der Waals surface area contributed by atoms with E-state index in [1.165, 1.54) is 51.4 Å². The van der Waals surface area contributed by atoms with Gasteiger partial charge in [-0.25, -0.2) is 0 Å². The van der Waals surface area contributed by atoms with E-state index in [2.05, 4.69) is 59.3 Å². The van der Waals surface area contributed by atoms with Gasteiger partial charge in [0.25, 0.3) is 0 Å². The average molecular weight is 417 g/mol. The van der Waals surface area contributed by atoms with Crippen molar-refractivity contribution in [3.8, 4) is 0 Å². The van der Waals surface area contributed by atoms with Gasteiger partial charge in [0.2, 0.25) is 0 Å². The molecule has 5 saturated carbocycles. The van der Waals surface area contributed by atoms with E-state index >= 15 is 0 Å². The normalized spacial score (nSPS) is 57.0. The van der Waals surface area contributed by atoms with E-state index in [4.69, 9.17) is 4.74 Å². The average Bonchev–Trinajstić information content (AvgIpc) is 3.31. The monoisotopic (exact) mass is 416 g/mol. The first-order valence-corrected chi connectivity index (χ1v) is 13.0. The van der Waals surface area contributed by atoms with Crippen LogP contribution >= 0.6 is 0 Å². The number of ether oxygens (including phenoxy) is 1. The molecule has 0 amide bonds. The zero-order valence-corrected chi connectivity index (χ0v) is 21.0. The first-order chi connectivity index (χ1) is 14.1. The maximum atomic E-state index is 6.21. The topological polar surface area (TPSA) is 33.3 Å². The lowest BCUT2D eigenvalue weighted by atomic mass is 9.42. The van der Waals surface area contributed by atoms with Gasteiger partial charge in [0, 0.05) is 25.1 Å². The van der Waals surface area contributed by atoms with Crippen molar-refractivity contribution in [1.29, 1.82) is 0 Å². The Morgan fingerprint density at radius 1 is 0.867 bits per heavy atom. The predicted molar refractivity (Wildman–Crippen MR) is 124 cm³/mol. The van der Waals surface area contributed by atoms with Gasteiger partial charge in [0.05, 0.1) is 6.10 Å². The Kier molecular flexibility index (Phi) is 4.69. The number of rotatable bonds is 4. The zero-order valence-electron chi connectivity index (χ0n) is 21.0. The summed E-state index contributed by atoms with van der Waals surface area (Å²) in [5.41, 5.74) is 2.51. The van der Waals surface area contributed by atoms with E-state index in [1.807, 2.05) is 7.11 Å². The fourth-order valence-corrected chi connectivity index (χ4v) is 11.2. The molecule has 7 unspecified atom stereocenters. The minimum atomic E-state index is 0.389. The molecule has 0 heterocycles. The van der Waals surface area contributed by atoms with E-state index in [1.54, 1.807) is 0 Å². The van der Waals surface area contributed by atoms with Crippen LogP contribution in [0.5, 0.6) is 0 Å². The van der Waals surface area contributed by atoms with Crippen LogP contribution in [0.1, 0.15) is 86.0 Å². The molecular formula is C27H48N2O. The van der Waals surface area contributed by atoms with Crippen LogP contribution in [-0.4, -0.2) is 39.4 Å². The summed E-state index contributed by atoms with van der Waals surface area (Å²) in [6.45, 7) is 12.9. The van der Waals surface area contributed by atoms with Crippen LogP contribution < -0.4 is 10.6 Å². The van der Waals surface area contributed by atoms with Crippen molar-refractivity contribution in [3.05, 3.63) is 0 Å². The van der Waals surface area contributed by atoms with Gasteiger partial charge in [-0.05, 0) is 111 Å². The van der Waals surface area contributed by atoms with Crippen LogP contribution in [0.3, 0.4) is 0 Å². The Morgan fingerprint density at radius 2 is 1.53 bits per heavy atom. The molecule has 172 valence electrons. The highest BCUT2D eigenvalue weighted by molar-refractivity contribution is 5.31. The Labute approximate surface area is 185 Å². The first-order valence-electron chi connectivity index (χ1n) is 13.0. The summed E-state index contributed by atoms with van der Waals surface area (Å²) in [7, 11) is 6.30. The second kappa shape index (κ2) is 6.48. The van der Waals surface area contributed by atoms with Crippen LogP contribution in [0.15, 0.2) is 0 Å². The van der Waals surface area contributed by atoms with Crippen LogP contribution in [-0.2, 0) is 4.74 Å². The third-order valence-corrected chi connectivity index (χ3v) is 12.8. The van der Waals surface area contributed by atoms with Gasteiger partial charge in [-0.15, -0.1) is 0 Å². The molecule has 5 fully saturated rings. The van der Waals surface area contributed by atoms with Gasteiger partial charge in [-0.2, -0.15) is 0 Å². The third-order valence-electron chi connectivity index (χ3n) is 12.8. The Balaban J connectivity index is 1.52. The summed E-state index contributed by atoms with van der Waals surface area (Å²) in [5.74, 6) is 2.43. The van der Waals surface area contributed by atoms with Crippen molar-refractivity contribution in [2.24, 2.45) is 44.8 Å². The zero-order chi connectivity index (χ0) is 21.7. The molecule has 0 saturated heterocycles. The Hall–Kier alpha value is -0.120. The molecule has 0 bridgehead atoms. The van der Waals surface area contributed by atoms with Crippen LogP contribution in [0, 0.1) is 44.8 Å². The molecule has 5 rings (SSSR count). The van der Waals surface area contributed by atoms with E-state index in [0.717, 1.165) is 11.8 Å². The molecule has 3 heteroatoms. The molecule has 0 radical (unpaired) electrons. The first kappa shape index (κ1) is 21.7. The van der Waals surface area contributed by atoms with Crippen LogP contribution in [0.4, 0.5) is 0 Å². The van der Waals surface area contributed by atoms with Gasteiger partial charge in [-0.1, -0.05) is 27.7 Å². The van der Waals surface area contributed by atoms with Gasteiger partial charge in [0.15, 0.2) is 0 Å². The SMILES string of the molecule is CNC(C)[C@H]1[C@H](OC)C[C@@]2(C)C3CCC4C(C)(C)C(NC)CCC45CC35CCC12C. The lowest BCUT2D eigenvalue weighted by molar-refractivity contribution is -0.144. The Morgan fingerprint density at radius 3 is 2.17 bits per heavy atom. The lowest BCUT2D eigenvalue weighted by Crippen LogP contribution is -2.59. The van der Waals surface area contributed by atoms with Gasteiger partial charge >= 0.3 is 0 Å². The van der Waals surface area contributed by atoms with Crippen molar-refractivity contribution in [2.75, 3.05) is 21.2 Å². The Bertz CT molecular complexity index is 707. The van der Waals surface area contributed by atoms with E-state index in [0.29, 0.717) is 51.2 Å². The molecule has 3 nitrogen and oxygen atoms in total. The van der Waals surface area contributed by atoms with E-state index in [9.17, 15) is 0 Å². The molecule has 10 atom stereocenters.